The first-order valence-corrected chi connectivity index (χ1v) is 8.57. The fraction of sp³-hybridized carbons (Fsp3) is 1.00. The van der Waals surface area contributed by atoms with E-state index in [-0.39, 0.29) is 0 Å². The second-order valence-corrected chi connectivity index (χ2v) is 13.3. The Balaban J connectivity index is 4.68. The summed E-state index contributed by atoms with van der Waals surface area (Å²) in [6, 6.07) is 0. The minimum atomic E-state index is -4.75. The Morgan fingerprint density at radius 2 is 1.83 bits per heavy atom. The second kappa shape index (κ2) is 3.29. The van der Waals surface area contributed by atoms with E-state index in [0.29, 0.717) is 0 Å². The Labute approximate surface area is 72.5 Å². The van der Waals surface area contributed by atoms with Crippen molar-refractivity contribution in [2.45, 2.75) is 6.18 Å². The Kier molecular flexibility index (Phi) is 3.40. The van der Waals surface area contributed by atoms with E-state index in [4.69, 9.17) is 15.8 Å². The summed E-state index contributed by atoms with van der Waals surface area (Å²) < 4.78 is 63.9. The molecule has 0 amide bonds. The van der Waals surface area contributed by atoms with Crippen molar-refractivity contribution in [3.8, 4) is 0 Å². The van der Waals surface area contributed by atoms with Gasteiger partial charge < -0.3 is 0 Å². The van der Waals surface area contributed by atoms with Gasteiger partial charge in [0.05, 0.1) is 0 Å². The first-order chi connectivity index (χ1) is 4.96. The molecule has 0 aliphatic heterocycles. The summed E-state index contributed by atoms with van der Waals surface area (Å²) in [5, 5.41) is 0. The van der Waals surface area contributed by atoms with Crippen LogP contribution in [0, 0.1) is 0 Å². The molecule has 0 unspecified atom stereocenters. The molecule has 1 N–H and O–H groups in total. The molecule has 0 fully saturated rings. The molecule has 0 aromatic carbocycles. The third kappa shape index (κ3) is 3.89. The fourth-order valence-corrected chi connectivity index (χ4v) is 2.84. The van der Waals surface area contributed by atoms with Crippen LogP contribution in [0.2, 0.25) is 0 Å². The molecule has 0 saturated carbocycles. The number of hydrogen-bond acceptors (Lipinski definition) is 2. The number of hydrogen-bond donors (Lipinski definition) is 1. The number of halogens is 4. The SMILES string of the molecule is C[PH](Cl)(CC(F)(F)F)S(=O)(=O)O. The second-order valence-electron chi connectivity index (χ2n) is 2.37. The summed E-state index contributed by atoms with van der Waals surface area (Å²) in [6.07, 6.45) is -6.32. The molecule has 0 aliphatic rings. The van der Waals surface area contributed by atoms with E-state index < -0.39 is 27.9 Å². The van der Waals surface area contributed by atoms with Gasteiger partial charge in [-0.15, -0.1) is 0 Å². The third-order valence-electron chi connectivity index (χ3n) is 1.05. The van der Waals surface area contributed by atoms with E-state index >= 15 is 0 Å². The molecule has 0 aliphatic carbocycles. The van der Waals surface area contributed by atoms with Gasteiger partial charge in [0.1, 0.15) is 0 Å². The van der Waals surface area contributed by atoms with Crippen LogP contribution in [0.3, 0.4) is 0 Å². The van der Waals surface area contributed by atoms with Crippen molar-refractivity contribution in [3.63, 3.8) is 0 Å². The van der Waals surface area contributed by atoms with Gasteiger partial charge >= 0.3 is 71.9 Å². The van der Waals surface area contributed by atoms with Gasteiger partial charge in [-0.3, -0.25) is 0 Å². The average Bonchev–Trinajstić information content (AvgIpc) is 1.52. The summed E-state index contributed by atoms with van der Waals surface area (Å²) in [4.78, 5) is 0. The molecule has 0 aromatic heterocycles. The summed E-state index contributed by atoms with van der Waals surface area (Å²) in [6.45, 7) is 0.720. The van der Waals surface area contributed by atoms with Crippen molar-refractivity contribution in [3.05, 3.63) is 0 Å². The zero-order valence-electron chi connectivity index (χ0n) is 5.89. The van der Waals surface area contributed by atoms with Gasteiger partial charge in [-0.2, -0.15) is 0 Å². The molecular weight excluding hydrogens is 240 g/mol. The van der Waals surface area contributed by atoms with Crippen molar-refractivity contribution in [1.29, 1.82) is 0 Å². The van der Waals surface area contributed by atoms with Crippen molar-refractivity contribution in [1.82, 2.24) is 0 Å². The van der Waals surface area contributed by atoms with Crippen LogP contribution in [-0.4, -0.2) is 32.0 Å². The van der Waals surface area contributed by atoms with Crippen LogP contribution in [0.4, 0.5) is 13.2 Å². The summed E-state index contributed by atoms with van der Waals surface area (Å²) >= 11 is 5.08. The van der Waals surface area contributed by atoms with E-state index in [1.165, 1.54) is 0 Å². The van der Waals surface area contributed by atoms with Crippen LogP contribution < -0.4 is 0 Å². The standard InChI is InChI=1S/C3H7ClF3O3PS/c1-11(4,12(8,9)10)2-3(5,6)7/h11H,2H2,1H3,(H,8,9,10). The van der Waals surface area contributed by atoms with Crippen molar-refractivity contribution in [2.75, 3.05) is 12.8 Å². The Hall–Kier alpha value is 0.420. The monoisotopic (exact) mass is 246 g/mol. The van der Waals surface area contributed by atoms with E-state index in [1.807, 2.05) is 0 Å². The summed E-state index contributed by atoms with van der Waals surface area (Å²) in [5.74, 6) is -4.17. The molecule has 0 atom stereocenters. The first kappa shape index (κ1) is 12.4. The molecule has 3 nitrogen and oxygen atoms in total. The van der Waals surface area contributed by atoms with Gasteiger partial charge in [-0.05, 0) is 0 Å². The molecule has 0 radical (unpaired) electrons. The number of rotatable bonds is 2. The molecule has 12 heavy (non-hydrogen) atoms. The average molecular weight is 247 g/mol. The van der Waals surface area contributed by atoms with E-state index in [1.54, 1.807) is 0 Å². The van der Waals surface area contributed by atoms with Gasteiger partial charge in [0.2, 0.25) is 0 Å². The zero-order chi connectivity index (χ0) is 10.2. The van der Waals surface area contributed by atoms with Crippen LogP contribution in [0.5, 0.6) is 0 Å². The van der Waals surface area contributed by atoms with Crippen molar-refractivity contribution < 1.29 is 26.1 Å². The van der Waals surface area contributed by atoms with Crippen LogP contribution in [0.25, 0.3) is 0 Å². The van der Waals surface area contributed by atoms with Crippen LogP contribution in [0.1, 0.15) is 0 Å². The van der Waals surface area contributed by atoms with Gasteiger partial charge in [0.25, 0.3) is 0 Å². The van der Waals surface area contributed by atoms with Gasteiger partial charge in [0, 0.05) is 0 Å². The van der Waals surface area contributed by atoms with Crippen LogP contribution in [-0.2, 0) is 9.74 Å². The Bertz CT molecular complexity index is 258. The first-order valence-electron chi connectivity index (χ1n) is 2.68. The maximum atomic E-state index is 11.7. The van der Waals surface area contributed by atoms with E-state index in [0.717, 1.165) is 6.66 Å². The molecule has 0 aromatic rings. The quantitative estimate of drug-likeness (QED) is 0.598. The molecule has 0 spiro atoms. The molecule has 0 bridgehead atoms. The van der Waals surface area contributed by atoms with Gasteiger partial charge in [-0.25, -0.2) is 0 Å². The minimum absolute atomic E-state index is 0.720. The van der Waals surface area contributed by atoms with E-state index in [2.05, 4.69) is 0 Å². The molecule has 0 saturated heterocycles. The zero-order valence-corrected chi connectivity index (χ0v) is 8.46. The molecule has 9 heteroatoms. The van der Waals surface area contributed by atoms with Crippen LogP contribution >= 0.6 is 17.1 Å². The van der Waals surface area contributed by atoms with Crippen molar-refractivity contribution in [2.24, 2.45) is 0 Å². The predicted molar refractivity (Wildman–Crippen MR) is 42.6 cm³/mol. The molecular formula is C3H7ClF3O3PS. The van der Waals surface area contributed by atoms with Crippen LogP contribution in [0.15, 0.2) is 0 Å². The summed E-state index contributed by atoms with van der Waals surface area (Å²) in [7, 11) is -4.75. The molecule has 76 valence electrons. The van der Waals surface area contributed by atoms with E-state index in [9.17, 15) is 21.6 Å². The van der Waals surface area contributed by atoms with Gasteiger partial charge in [0.15, 0.2) is 0 Å². The molecule has 0 rings (SSSR count). The number of alkyl halides is 3. The normalized spacial score (nSPS) is 16.2. The topological polar surface area (TPSA) is 54.4 Å². The van der Waals surface area contributed by atoms with Crippen molar-refractivity contribution >= 4 is 26.8 Å². The maximum absolute atomic E-state index is 11.7. The third-order valence-corrected chi connectivity index (χ3v) is 8.98. The fourth-order valence-electron chi connectivity index (χ4n) is 0.449. The van der Waals surface area contributed by atoms with Gasteiger partial charge in [-0.1, -0.05) is 0 Å². The Morgan fingerprint density at radius 3 is 1.92 bits per heavy atom. The summed E-state index contributed by atoms with van der Waals surface area (Å²) in [5.41, 5.74) is 0. The molecule has 0 heterocycles. The Morgan fingerprint density at radius 1 is 1.50 bits per heavy atom. The predicted octanol–water partition coefficient (Wildman–Crippen LogP) is 1.89.